The molecule has 0 saturated carbocycles. The first-order valence-corrected chi connectivity index (χ1v) is 9.66. The Morgan fingerprint density at radius 3 is 2.50 bits per heavy atom. The van der Waals surface area contributed by atoms with Crippen LogP contribution in [0.5, 0.6) is 0 Å². The van der Waals surface area contributed by atoms with E-state index in [0.29, 0.717) is 17.1 Å². The third-order valence-corrected chi connectivity index (χ3v) is 5.11. The first-order chi connectivity index (χ1) is 13.8. The highest BCUT2D eigenvalue weighted by Gasteiger charge is 2.13. The summed E-state index contributed by atoms with van der Waals surface area (Å²) >= 11 is 1.48. The molecule has 0 saturated heterocycles. The van der Waals surface area contributed by atoms with Gasteiger partial charge in [-0.3, -0.25) is 4.79 Å². The van der Waals surface area contributed by atoms with Crippen LogP contribution in [-0.4, -0.2) is 20.7 Å². The minimum atomic E-state index is -0.154. The van der Waals surface area contributed by atoms with Crippen LogP contribution in [0.1, 0.15) is 15.9 Å². The van der Waals surface area contributed by atoms with Crippen LogP contribution in [0, 0.1) is 0 Å². The Bertz CT molecular complexity index is 1060. The number of carbonyl (C=O) groups excluding carboxylic acids is 1. The van der Waals surface area contributed by atoms with Crippen molar-refractivity contribution in [3.05, 3.63) is 103 Å². The second-order valence-corrected chi connectivity index (χ2v) is 7.14. The van der Waals surface area contributed by atoms with Gasteiger partial charge in [0.1, 0.15) is 5.03 Å². The zero-order chi connectivity index (χ0) is 19.2. The predicted molar refractivity (Wildman–Crippen MR) is 110 cm³/mol. The highest BCUT2D eigenvalue weighted by atomic mass is 32.2. The molecule has 0 aliphatic rings. The molecular formula is C22H18N4OS. The summed E-state index contributed by atoms with van der Waals surface area (Å²) < 4.78 is 1.79. The predicted octanol–water partition coefficient (Wildman–Crippen LogP) is 4.35. The number of benzene rings is 2. The summed E-state index contributed by atoms with van der Waals surface area (Å²) in [5, 5.41) is 8.01. The molecule has 138 valence electrons. The maximum atomic E-state index is 12.7. The van der Waals surface area contributed by atoms with Crippen LogP contribution in [0.2, 0.25) is 0 Å². The van der Waals surface area contributed by atoms with E-state index in [-0.39, 0.29) is 5.91 Å². The second kappa shape index (κ2) is 8.54. The molecule has 0 radical (unpaired) electrons. The van der Waals surface area contributed by atoms with E-state index in [2.05, 4.69) is 15.4 Å². The number of rotatable bonds is 6. The van der Waals surface area contributed by atoms with Gasteiger partial charge in [0.2, 0.25) is 0 Å². The number of hydrogen-bond donors (Lipinski definition) is 1. The van der Waals surface area contributed by atoms with Crippen molar-refractivity contribution in [2.24, 2.45) is 0 Å². The van der Waals surface area contributed by atoms with Gasteiger partial charge in [0, 0.05) is 29.4 Å². The lowest BCUT2D eigenvalue weighted by molar-refractivity contribution is 0.0947. The minimum Gasteiger partial charge on any atom is -0.348 e. The van der Waals surface area contributed by atoms with Crippen molar-refractivity contribution in [2.75, 3.05) is 0 Å². The lowest BCUT2D eigenvalue weighted by Crippen LogP contribution is -2.23. The fourth-order valence-electron chi connectivity index (χ4n) is 2.70. The van der Waals surface area contributed by atoms with Crippen molar-refractivity contribution in [3.8, 4) is 5.69 Å². The Morgan fingerprint density at radius 2 is 1.71 bits per heavy atom. The molecule has 28 heavy (non-hydrogen) atoms. The number of carbonyl (C=O) groups is 1. The molecule has 0 aliphatic carbocycles. The first-order valence-electron chi connectivity index (χ1n) is 8.85. The molecule has 4 rings (SSSR count). The average molecular weight is 386 g/mol. The van der Waals surface area contributed by atoms with Crippen molar-refractivity contribution >= 4 is 17.7 Å². The molecule has 0 fully saturated rings. The summed E-state index contributed by atoms with van der Waals surface area (Å²) in [7, 11) is 0. The topological polar surface area (TPSA) is 59.8 Å². The smallest absolute Gasteiger partial charge is 0.254 e. The molecule has 2 aromatic heterocycles. The molecule has 5 nitrogen and oxygen atoms in total. The largest absolute Gasteiger partial charge is 0.348 e. The molecule has 0 spiro atoms. The molecule has 4 aromatic rings. The van der Waals surface area contributed by atoms with Crippen LogP contribution in [-0.2, 0) is 6.54 Å². The number of para-hydroxylation sites is 1. The summed E-state index contributed by atoms with van der Waals surface area (Å²) in [6.45, 7) is 0.399. The third kappa shape index (κ3) is 4.29. The van der Waals surface area contributed by atoms with E-state index in [4.69, 9.17) is 0 Å². The van der Waals surface area contributed by atoms with Gasteiger partial charge in [-0.2, -0.15) is 5.10 Å². The first kappa shape index (κ1) is 18.0. The van der Waals surface area contributed by atoms with Gasteiger partial charge in [0.25, 0.3) is 5.91 Å². The molecule has 1 N–H and O–H groups in total. The zero-order valence-corrected chi connectivity index (χ0v) is 15.8. The van der Waals surface area contributed by atoms with Gasteiger partial charge in [0.15, 0.2) is 0 Å². The maximum Gasteiger partial charge on any atom is 0.254 e. The van der Waals surface area contributed by atoms with Gasteiger partial charge in [-0.1, -0.05) is 48.2 Å². The van der Waals surface area contributed by atoms with Gasteiger partial charge in [-0.05, 0) is 36.4 Å². The number of amides is 1. The molecule has 0 atom stereocenters. The van der Waals surface area contributed by atoms with Gasteiger partial charge >= 0.3 is 0 Å². The standard InChI is InChI=1S/C22H18N4OS/c27-21(20-12-7-13-23-22(20)28-19-10-5-2-6-11-19)24-14-17-15-25-26(16-17)18-8-3-1-4-9-18/h1-13,15-16H,14H2,(H,24,27). The molecule has 2 heterocycles. The Kier molecular flexibility index (Phi) is 5.49. The van der Waals surface area contributed by atoms with Gasteiger partial charge < -0.3 is 5.32 Å². The molecule has 0 unspecified atom stereocenters. The summed E-state index contributed by atoms with van der Waals surface area (Å²) in [6, 6.07) is 23.3. The van der Waals surface area contributed by atoms with Gasteiger partial charge in [-0.25, -0.2) is 9.67 Å². The second-order valence-electron chi connectivity index (χ2n) is 6.08. The van der Waals surface area contributed by atoms with E-state index in [1.165, 1.54) is 11.8 Å². The maximum absolute atomic E-state index is 12.7. The van der Waals surface area contributed by atoms with E-state index >= 15 is 0 Å². The van der Waals surface area contributed by atoms with E-state index in [1.807, 2.05) is 66.9 Å². The number of pyridine rings is 1. The van der Waals surface area contributed by atoms with Crippen LogP contribution in [0.4, 0.5) is 0 Å². The van der Waals surface area contributed by atoms with E-state index in [9.17, 15) is 4.79 Å². The van der Waals surface area contributed by atoms with Crippen molar-refractivity contribution < 1.29 is 4.79 Å². The highest BCUT2D eigenvalue weighted by molar-refractivity contribution is 7.99. The van der Waals surface area contributed by atoms with Gasteiger partial charge in [0.05, 0.1) is 17.4 Å². The Labute approximate surface area is 167 Å². The zero-order valence-electron chi connectivity index (χ0n) is 15.0. The van der Waals surface area contributed by atoms with Crippen LogP contribution < -0.4 is 5.32 Å². The number of hydrogen-bond acceptors (Lipinski definition) is 4. The van der Waals surface area contributed by atoms with Crippen LogP contribution in [0.3, 0.4) is 0 Å². The van der Waals surface area contributed by atoms with E-state index in [1.54, 1.807) is 29.2 Å². The number of aromatic nitrogens is 3. The molecule has 0 bridgehead atoms. The Morgan fingerprint density at radius 1 is 0.964 bits per heavy atom. The summed E-state index contributed by atoms with van der Waals surface area (Å²) in [5.74, 6) is -0.154. The SMILES string of the molecule is O=C(NCc1cnn(-c2ccccc2)c1)c1cccnc1Sc1ccccc1. The van der Waals surface area contributed by atoms with Crippen molar-refractivity contribution in [1.29, 1.82) is 0 Å². The Balaban J connectivity index is 1.44. The molecular weight excluding hydrogens is 368 g/mol. The third-order valence-electron chi connectivity index (χ3n) is 4.08. The van der Waals surface area contributed by atoms with Crippen molar-refractivity contribution in [3.63, 3.8) is 0 Å². The molecule has 6 heteroatoms. The summed E-state index contributed by atoms with van der Waals surface area (Å²) in [5.41, 5.74) is 2.47. The molecule has 2 aromatic carbocycles. The lowest BCUT2D eigenvalue weighted by Gasteiger charge is -2.08. The van der Waals surface area contributed by atoms with Crippen LogP contribution in [0.15, 0.2) is 101 Å². The van der Waals surface area contributed by atoms with Gasteiger partial charge in [-0.15, -0.1) is 0 Å². The fourth-order valence-corrected chi connectivity index (χ4v) is 3.60. The molecule has 1 amide bonds. The average Bonchev–Trinajstić information content (AvgIpc) is 3.23. The Hall–Kier alpha value is -3.38. The quantitative estimate of drug-likeness (QED) is 0.535. The molecule has 0 aliphatic heterocycles. The summed E-state index contributed by atoms with van der Waals surface area (Å²) in [4.78, 5) is 18.1. The monoisotopic (exact) mass is 386 g/mol. The van der Waals surface area contributed by atoms with Crippen molar-refractivity contribution in [1.82, 2.24) is 20.1 Å². The highest BCUT2D eigenvalue weighted by Crippen LogP contribution is 2.28. The fraction of sp³-hybridized carbons (Fsp3) is 0.0455. The summed E-state index contributed by atoms with van der Waals surface area (Å²) in [6.07, 6.45) is 5.38. The number of nitrogens with one attached hydrogen (secondary N) is 1. The lowest BCUT2D eigenvalue weighted by atomic mass is 10.2. The van der Waals surface area contributed by atoms with E-state index in [0.717, 1.165) is 16.1 Å². The number of nitrogens with zero attached hydrogens (tertiary/aromatic N) is 3. The van der Waals surface area contributed by atoms with Crippen LogP contribution in [0.25, 0.3) is 5.69 Å². The van der Waals surface area contributed by atoms with E-state index < -0.39 is 0 Å². The van der Waals surface area contributed by atoms with Crippen molar-refractivity contribution in [2.45, 2.75) is 16.5 Å². The van der Waals surface area contributed by atoms with Crippen LogP contribution >= 0.6 is 11.8 Å². The normalized spacial score (nSPS) is 10.6. The minimum absolute atomic E-state index is 0.154.